The number of hydrogen-bond acceptors (Lipinski definition) is 8. The second kappa shape index (κ2) is 11.6. The van der Waals surface area contributed by atoms with Crippen molar-refractivity contribution in [2.24, 2.45) is 17.2 Å². The fraction of sp³-hybridized carbons (Fsp3) is 0.750. The molecule has 1 fully saturated rings. The van der Waals surface area contributed by atoms with Crippen LogP contribution in [0.3, 0.4) is 0 Å². The Kier molecular flexibility index (Phi) is 9.86. The molecule has 0 aromatic rings. The SMILES string of the molecule is CC(=O)CN1CCN(CC(N)=O)CCN(CC(N)=O)CN(CC(N)=O)CC1. The molecule has 0 aromatic carbocycles. The minimum Gasteiger partial charge on any atom is -0.369 e. The summed E-state index contributed by atoms with van der Waals surface area (Å²) in [7, 11) is 0. The zero-order chi connectivity index (χ0) is 20.4. The lowest BCUT2D eigenvalue weighted by Crippen LogP contribution is -2.48. The predicted octanol–water partition coefficient (Wildman–Crippen LogP) is -3.79. The fourth-order valence-corrected chi connectivity index (χ4v) is 3.05. The van der Waals surface area contributed by atoms with Crippen LogP contribution in [0.1, 0.15) is 6.92 Å². The molecule has 0 bridgehead atoms. The predicted molar refractivity (Wildman–Crippen MR) is 99.2 cm³/mol. The van der Waals surface area contributed by atoms with Gasteiger partial charge in [0.15, 0.2) is 0 Å². The second-order valence-electron chi connectivity index (χ2n) is 6.90. The van der Waals surface area contributed by atoms with Crippen LogP contribution in [-0.4, -0.2) is 115 Å². The molecule has 1 heterocycles. The normalized spacial score (nSPS) is 19.3. The summed E-state index contributed by atoms with van der Waals surface area (Å²) in [5.41, 5.74) is 16.0. The Morgan fingerprint density at radius 2 is 0.889 bits per heavy atom. The van der Waals surface area contributed by atoms with Crippen LogP contribution in [-0.2, 0) is 19.2 Å². The van der Waals surface area contributed by atoms with Gasteiger partial charge < -0.3 is 17.2 Å². The molecule has 27 heavy (non-hydrogen) atoms. The van der Waals surface area contributed by atoms with E-state index in [4.69, 9.17) is 17.2 Å². The lowest BCUT2D eigenvalue weighted by molar-refractivity contribution is -0.122. The third kappa shape index (κ3) is 10.6. The summed E-state index contributed by atoms with van der Waals surface area (Å²) in [6.07, 6.45) is 0. The molecular weight excluding hydrogens is 354 g/mol. The van der Waals surface area contributed by atoms with E-state index in [1.807, 2.05) is 14.7 Å². The monoisotopic (exact) mass is 385 g/mol. The number of amides is 3. The molecule has 11 heteroatoms. The van der Waals surface area contributed by atoms with E-state index < -0.39 is 17.7 Å². The van der Waals surface area contributed by atoms with Gasteiger partial charge in [-0.1, -0.05) is 0 Å². The smallest absolute Gasteiger partial charge is 0.231 e. The molecule has 154 valence electrons. The molecule has 0 aromatic heterocycles. The Morgan fingerprint density at radius 1 is 0.593 bits per heavy atom. The summed E-state index contributed by atoms with van der Waals surface area (Å²) < 4.78 is 0. The van der Waals surface area contributed by atoms with Gasteiger partial charge in [-0.15, -0.1) is 0 Å². The van der Waals surface area contributed by atoms with E-state index in [0.29, 0.717) is 45.9 Å². The van der Waals surface area contributed by atoms with Crippen molar-refractivity contribution in [3.63, 3.8) is 0 Å². The Balaban J connectivity index is 2.95. The number of primary amides is 3. The highest BCUT2D eigenvalue weighted by Gasteiger charge is 2.21. The molecule has 0 radical (unpaired) electrons. The number of nitrogens with two attached hydrogens (primary N) is 3. The molecule has 3 amide bonds. The van der Waals surface area contributed by atoms with E-state index in [1.165, 1.54) is 6.92 Å². The van der Waals surface area contributed by atoms with E-state index in [2.05, 4.69) is 0 Å². The summed E-state index contributed by atoms with van der Waals surface area (Å²) in [4.78, 5) is 53.1. The maximum atomic E-state index is 11.5. The Labute approximate surface area is 159 Å². The summed E-state index contributed by atoms with van der Waals surface area (Å²) in [6, 6.07) is 0. The Morgan fingerprint density at radius 3 is 1.22 bits per heavy atom. The number of Topliss-reactive ketones (excluding diaryl/α,β-unsaturated/α-hetero) is 1. The third-order valence-electron chi connectivity index (χ3n) is 4.18. The quantitative estimate of drug-likeness (QED) is 0.384. The van der Waals surface area contributed by atoms with Crippen molar-refractivity contribution >= 4 is 23.5 Å². The third-order valence-corrected chi connectivity index (χ3v) is 4.18. The molecule has 0 unspecified atom stereocenters. The van der Waals surface area contributed by atoms with Gasteiger partial charge in [-0.25, -0.2) is 0 Å². The van der Waals surface area contributed by atoms with Gasteiger partial charge in [-0.2, -0.15) is 0 Å². The topological polar surface area (TPSA) is 159 Å². The minimum absolute atomic E-state index is 0.0246. The average Bonchev–Trinajstić information content (AvgIpc) is 2.54. The van der Waals surface area contributed by atoms with Crippen LogP contribution in [0, 0.1) is 0 Å². The van der Waals surface area contributed by atoms with Crippen molar-refractivity contribution in [2.75, 3.05) is 72.1 Å². The zero-order valence-electron chi connectivity index (χ0n) is 15.9. The lowest BCUT2D eigenvalue weighted by Gasteiger charge is -2.30. The molecule has 1 rings (SSSR count). The Bertz CT molecular complexity index is 497. The van der Waals surface area contributed by atoms with Crippen molar-refractivity contribution in [2.45, 2.75) is 6.92 Å². The summed E-state index contributed by atoms with van der Waals surface area (Å²) in [5.74, 6) is -1.37. The van der Waals surface area contributed by atoms with E-state index in [9.17, 15) is 19.2 Å². The van der Waals surface area contributed by atoms with E-state index in [1.54, 1.807) is 4.90 Å². The largest absolute Gasteiger partial charge is 0.369 e. The first kappa shape index (κ1) is 23.0. The van der Waals surface area contributed by atoms with Crippen LogP contribution >= 0.6 is 0 Å². The molecule has 1 aliphatic heterocycles. The van der Waals surface area contributed by atoms with Crippen molar-refractivity contribution < 1.29 is 19.2 Å². The first-order valence-corrected chi connectivity index (χ1v) is 8.89. The fourth-order valence-electron chi connectivity index (χ4n) is 3.05. The molecule has 0 aliphatic carbocycles. The van der Waals surface area contributed by atoms with E-state index >= 15 is 0 Å². The van der Waals surface area contributed by atoms with Crippen molar-refractivity contribution in [3.8, 4) is 0 Å². The number of carbonyl (C=O) groups is 4. The molecular formula is C16H31N7O4. The highest BCUT2D eigenvalue weighted by molar-refractivity contribution is 5.78. The highest BCUT2D eigenvalue weighted by Crippen LogP contribution is 2.02. The maximum Gasteiger partial charge on any atom is 0.231 e. The standard InChI is InChI=1S/C16H31N7O4/c1-13(24)8-20-2-3-21(9-14(17)25)5-7-23(11-16(19)27)12-22(6-4-20)10-15(18)26/h2-12H2,1H3,(H2,17,25)(H2,18,26)(H2,19,27). The molecule has 1 saturated heterocycles. The van der Waals surface area contributed by atoms with Gasteiger partial charge in [-0.3, -0.25) is 38.8 Å². The van der Waals surface area contributed by atoms with Gasteiger partial charge in [0.05, 0.1) is 32.8 Å². The first-order valence-electron chi connectivity index (χ1n) is 8.89. The van der Waals surface area contributed by atoms with Crippen molar-refractivity contribution in [3.05, 3.63) is 0 Å². The summed E-state index contributed by atoms with van der Waals surface area (Å²) >= 11 is 0. The number of carbonyl (C=O) groups excluding carboxylic acids is 4. The number of rotatable bonds is 8. The second-order valence-corrected chi connectivity index (χ2v) is 6.90. The van der Waals surface area contributed by atoms with Gasteiger partial charge in [0.2, 0.25) is 17.7 Å². The van der Waals surface area contributed by atoms with Crippen LogP contribution in [0.25, 0.3) is 0 Å². The van der Waals surface area contributed by atoms with Crippen LogP contribution in [0.15, 0.2) is 0 Å². The molecule has 0 atom stereocenters. The van der Waals surface area contributed by atoms with Gasteiger partial charge in [0, 0.05) is 39.3 Å². The van der Waals surface area contributed by atoms with Gasteiger partial charge in [0.1, 0.15) is 5.78 Å². The maximum absolute atomic E-state index is 11.5. The van der Waals surface area contributed by atoms with Crippen LogP contribution in [0.5, 0.6) is 0 Å². The van der Waals surface area contributed by atoms with E-state index in [-0.39, 0.29) is 32.0 Å². The van der Waals surface area contributed by atoms with E-state index in [0.717, 1.165) is 0 Å². The van der Waals surface area contributed by atoms with Crippen molar-refractivity contribution in [1.82, 2.24) is 19.6 Å². The molecule has 6 N–H and O–H groups in total. The van der Waals surface area contributed by atoms with Crippen molar-refractivity contribution in [1.29, 1.82) is 0 Å². The Hall–Kier alpha value is -2.08. The summed E-state index contributed by atoms with van der Waals surface area (Å²) in [6.45, 7) is 5.40. The average molecular weight is 385 g/mol. The van der Waals surface area contributed by atoms with Gasteiger partial charge >= 0.3 is 0 Å². The number of nitrogens with zero attached hydrogens (tertiary/aromatic N) is 4. The number of ketones is 1. The summed E-state index contributed by atoms with van der Waals surface area (Å²) in [5, 5.41) is 0. The zero-order valence-corrected chi connectivity index (χ0v) is 15.9. The van der Waals surface area contributed by atoms with Gasteiger partial charge in [-0.05, 0) is 6.92 Å². The molecule has 0 spiro atoms. The van der Waals surface area contributed by atoms with Gasteiger partial charge in [0.25, 0.3) is 0 Å². The van der Waals surface area contributed by atoms with Crippen LogP contribution in [0.4, 0.5) is 0 Å². The number of hydrogen-bond donors (Lipinski definition) is 3. The first-order chi connectivity index (χ1) is 12.7. The molecule has 1 aliphatic rings. The lowest BCUT2D eigenvalue weighted by atomic mass is 10.3. The van der Waals surface area contributed by atoms with Crippen LogP contribution < -0.4 is 17.2 Å². The van der Waals surface area contributed by atoms with Crippen LogP contribution in [0.2, 0.25) is 0 Å². The highest BCUT2D eigenvalue weighted by atomic mass is 16.2. The molecule has 11 nitrogen and oxygen atoms in total. The molecule has 0 saturated carbocycles. The minimum atomic E-state index is -0.483.